The number of halogens is 1. The van der Waals surface area contributed by atoms with Gasteiger partial charge in [0, 0.05) is 19.0 Å². The third-order valence-electron chi connectivity index (χ3n) is 2.51. The fourth-order valence-corrected chi connectivity index (χ4v) is 2.27. The summed E-state index contributed by atoms with van der Waals surface area (Å²) in [7, 11) is -1.50. The van der Waals surface area contributed by atoms with E-state index in [-0.39, 0.29) is 4.90 Å². The monoisotopic (exact) mass is 312 g/mol. The first-order chi connectivity index (χ1) is 9.40. The first-order valence-corrected chi connectivity index (χ1v) is 7.94. The second kappa shape index (κ2) is 5.64. The molecule has 0 aliphatic rings. The average Bonchev–Trinajstić information content (AvgIpc) is 2.41. The van der Waals surface area contributed by atoms with Crippen molar-refractivity contribution in [1.82, 2.24) is 9.97 Å². The summed E-state index contributed by atoms with van der Waals surface area (Å²) in [6.45, 7) is 0. The molecule has 0 fully saturated rings. The van der Waals surface area contributed by atoms with Crippen LogP contribution < -0.4 is 10.6 Å². The Hall–Kier alpha value is -1.86. The van der Waals surface area contributed by atoms with Crippen molar-refractivity contribution in [3.05, 3.63) is 35.5 Å². The zero-order chi connectivity index (χ0) is 14.8. The Morgan fingerprint density at radius 2 is 1.85 bits per heavy atom. The highest BCUT2D eigenvalue weighted by Gasteiger charge is 2.08. The van der Waals surface area contributed by atoms with Gasteiger partial charge in [-0.2, -0.15) is 4.98 Å². The first-order valence-electron chi connectivity index (χ1n) is 5.67. The Labute approximate surface area is 122 Å². The number of hydrogen-bond donors (Lipinski definition) is 2. The van der Waals surface area contributed by atoms with E-state index in [1.807, 2.05) is 0 Å². The molecular formula is C12H13ClN4O2S. The minimum atomic E-state index is -3.20. The van der Waals surface area contributed by atoms with Gasteiger partial charge in [-0.25, -0.2) is 13.4 Å². The van der Waals surface area contributed by atoms with E-state index < -0.39 is 9.84 Å². The second-order valence-corrected chi connectivity index (χ2v) is 6.48. The number of sulfone groups is 1. The van der Waals surface area contributed by atoms with E-state index >= 15 is 0 Å². The standard InChI is InChI=1S/C12H13ClN4O2S/c1-14-12-15-7-10(13)11(17-12)16-8-3-5-9(6-4-8)20(2,18)19/h3-7H,1-2H3,(H2,14,15,16,17). The van der Waals surface area contributed by atoms with E-state index in [1.165, 1.54) is 18.3 Å². The van der Waals surface area contributed by atoms with Gasteiger partial charge < -0.3 is 10.6 Å². The minimum Gasteiger partial charge on any atom is -0.357 e. The molecule has 1 aromatic carbocycles. The summed E-state index contributed by atoms with van der Waals surface area (Å²) in [5.41, 5.74) is 0.681. The Kier molecular flexibility index (Phi) is 4.10. The van der Waals surface area contributed by atoms with Crippen molar-refractivity contribution in [2.45, 2.75) is 4.90 Å². The first kappa shape index (κ1) is 14.5. The molecular weight excluding hydrogens is 300 g/mol. The molecule has 2 rings (SSSR count). The number of aromatic nitrogens is 2. The summed E-state index contributed by atoms with van der Waals surface area (Å²) in [6.07, 6.45) is 2.64. The van der Waals surface area contributed by atoms with Gasteiger partial charge in [0.1, 0.15) is 5.02 Å². The number of anilines is 3. The van der Waals surface area contributed by atoms with Crippen molar-refractivity contribution in [3.8, 4) is 0 Å². The zero-order valence-corrected chi connectivity index (χ0v) is 12.5. The van der Waals surface area contributed by atoms with E-state index in [0.29, 0.717) is 22.5 Å². The summed E-state index contributed by atoms with van der Waals surface area (Å²) < 4.78 is 22.7. The Balaban J connectivity index is 2.26. The fraction of sp³-hybridized carbons (Fsp3) is 0.167. The summed E-state index contributed by atoms with van der Waals surface area (Å²) in [5.74, 6) is 0.878. The zero-order valence-electron chi connectivity index (χ0n) is 10.9. The number of nitrogens with one attached hydrogen (secondary N) is 2. The van der Waals surface area contributed by atoms with Crippen molar-refractivity contribution >= 4 is 38.9 Å². The highest BCUT2D eigenvalue weighted by Crippen LogP contribution is 2.24. The van der Waals surface area contributed by atoms with Crippen LogP contribution in [0.3, 0.4) is 0 Å². The number of rotatable bonds is 4. The van der Waals surface area contributed by atoms with Crippen LogP contribution in [-0.4, -0.2) is 31.7 Å². The van der Waals surface area contributed by atoms with Crippen molar-refractivity contribution in [1.29, 1.82) is 0 Å². The molecule has 0 bridgehead atoms. The van der Waals surface area contributed by atoms with Crippen molar-refractivity contribution in [3.63, 3.8) is 0 Å². The lowest BCUT2D eigenvalue weighted by Crippen LogP contribution is -2.01. The Morgan fingerprint density at radius 1 is 1.20 bits per heavy atom. The van der Waals surface area contributed by atoms with E-state index in [0.717, 1.165) is 6.26 Å². The van der Waals surface area contributed by atoms with Gasteiger partial charge in [-0.1, -0.05) is 11.6 Å². The van der Waals surface area contributed by atoms with Crippen molar-refractivity contribution < 1.29 is 8.42 Å². The molecule has 0 atom stereocenters. The van der Waals surface area contributed by atoms with Gasteiger partial charge in [0.15, 0.2) is 15.7 Å². The largest absolute Gasteiger partial charge is 0.357 e. The molecule has 0 aliphatic carbocycles. The molecule has 0 aliphatic heterocycles. The topological polar surface area (TPSA) is 84.0 Å². The summed E-state index contributed by atoms with van der Waals surface area (Å²) in [6, 6.07) is 6.33. The third-order valence-corrected chi connectivity index (χ3v) is 3.92. The molecule has 0 saturated carbocycles. The smallest absolute Gasteiger partial charge is 0.224 e. The van der Waals surface area contributed by atoms with Crippen LogP contribution in [0.25, 0.3) is 0 Å². The maximum Gasteiger partial charge on any atom is 0.224 e. The molecule has 0 amide bonds. The van der Waals surface area contributed by atoms with Crippen molar-refractivity contribution in [2.75, 3.05) is 23.9 Å². The molecule has 2 N–H and O–H groups in total. The van der Waals surface area contributed by atoms with Crippen molar-refractivity contribution in [2.24, 2.45) is 0 Å². The average molecular weight is 313 g/mol. The van der Waals surface area contributed by atoms with Crippen LogP contribution in [0.15, 0.2) is 35.4 Å². The van der Waals surface area contributed by atoms with Crippen LogP contribution in [0.4, 0.5) is 17.5 Å². The molecule has 2 aromatic rings. The number of hydrogen-bond acceptors (Lipinski definition) is 6. The second-order valence-electron chi connectivity index (χ2n) is 4.06. The van der Waals surface area contributed by atoms with E-state index in [4.69, 9.17) is 11.6 Å². The molecule has 6 nitrogen and oxygen atoms in total. The van der Waals surface area contributed by atoms with Gasteiger partial charge in [0.05, 0.1) is 11.1 Å². The minimum absolute atomic E-state index is 0.257. The van der Waals surface area contributed by atoms with E-state index in [2.05, 4.69) is 20.6 Å². The van der Waals surface area contributed by atoms with Crippen LogP contribution in [0.2, 0.25) is 5.02 Å². The maximum atomic E-state index is 11.4. The molecule has 8 heteroatoms. The van der Waals surface area contributed by atoms with Crippen LogP contribution >= 0.6 is 11.6 Å². The maximum absolute atomic E-state index is 11.4. The van der Waals surface area contributed by atoms with E-state index in [9.17, 15) is 8.42 Å². The van der Waals surface area contributed by atoms with Gasteiger partial charge in [-0.05, 0) is 24.3 Å². The molecule has 20 heavy (non-hydrogen) atoms. The summed E-state index contributed by atoms with van der Waals surface area (Å²) >= 11 is 6.00. The molecule has 0 saturated heterocycles. The highest BCUT2D eigenvalue weighted by molar-refractivity contribution is 7.90. The highest BCUT2D eigenvalue weighted by atomic mass is 35.5. The summed E-state index contributed by atoms with van der Waals surface area (Å²) in [5, 5.41) is 6.19. The lowest BCUT2D eigenvalue weighted by Gasteiger charge is -2.09. The SMILES string of the molecule is CNc1ncc(Cl)c(Nc2ccc(S(C)(=O)=O)cc2)n1. The summed E-state index contributed by atoms with van der Waals surface area (Å²) in [4.78, 5) is 8.40. The van der Waals surface area contributed by atoms with Gasteiger partial charge in [-0.3, -0.25) is 0 Å². The predicted molar refractivity (Wildman–Crippen MR) is 79.4 cm³/mol. The molecule has 106 valence electrons. The van der Waals surface area contributed by atoms with E-state index in [1.54, 1.807) is 19.2 Å². The number of benzene rings is 1. The van der Waals surface area contributed by atoms with Gasteiger partial charge in [-0.15, -0.1) is 0 Å². The molecule has 0 unspecified atom stereocenters. The quantitative estimate of drug-likeness (QED) is 0.901. The van der Waals surface area contributed by atoms with Gasteiger partial charge >= 0.3 is 0 Å². The Bertz CT molecular complexity index is 717. The lowest BCUT2D eigenvalue weighted by atomic mass is 10.3. The fourth-order valence-electron chi connectivity index (χ4n) is 1.50. The number of nitrogens with zero attached hydrogens (tertiary/aromatic N) is 2. The normalized spacial score (nSPS) is 11.2. The molecule has 1 heterocycles. The van der Waals surface area contributed by atoms with Gasteiger partial charge in [0.2, 0.25) is 5.95 Å². The van der Waals surface area contributed by atoms with Crippen LogP contribution in [0, 0.1) is 0 Å². The third kappa shape index (κ3) is 3.37. The molecule has 1 aromatic heterocycles. The van der Waals surface area contributed by atoms with Gasteiger partial charge in [0.25, 0.3) is 0 Å². The van der Waals surface area contributed by atoms with Crippen LogP contribution in [-0.2, 0) is 9.84 Å². The molecule has 0 spiro atoms. The van der Waals surface area contributed by atoms with Crippen LogP contribution in [0.5, 0.6) is 0 Å². The molecule has 0 radical (unpaired) electrons. The predicted octanol–water partition coefficient (Wildman–Crippen LogP) is 2.32. The lowest BCUT2D eigenvalue weighted by molar-refractivity contribution is 0.602. The Morgan fingerprint density at radius 3 is 2.40 bits per heavy atom. The van der Waals surface area contributed by atoms with Crippen LogP contribution in [0.1, 0.15) is 0 Å².